The van der Waals surface area contributed by atoms with Crippen molar-refractivity contribution in [2.24, 2.45) is 0 Å². The summed E-state index contributed by atoms with van der Waals surface area (Å²) < 4.78 is 0. The zero-order chi connectivity index (χ0) is 7.28. The number of ketones is 1. The standard InChI is InChI=1S/C7H15NO/c1-4-7(6(3)9)8-5-2/h7-8H,4-5H2,1-3H3/t7-/m0/s1. The lowest BCUT2D eigenvalue weighted by Gasteiger charge is -2.10. The number of carbonyl (C=O) groups excluding carboxylic acids is 1. The first-order valence-electron chi connectivity index (χ1n) is 3.46. The van der Waals surface area contributed by atoms with E-state index in [1.165, 1.54) is 0 Å². The average Bonchev–Trinajstić information content (AvgIpc) is 1.82. The first-order chi connectivity index (χ1) is 4.22. The predicted molar refractivity (Wildman–Crippen MR) is 38.4 cm³/mol. The molecule has 9 heavy (non-hydrogen) atoms. The van der Waals surface area contributed by atoms with Crippen LogP contribution in [0.3, 0.4) is 0 Å². The fourth-order valence-electron chi connectivity index (χ4n) is 0.822. The molecular formula is C7H15NO. The Bertz CT molecular complexity index is 90.9. The molecule has 0 aromatic heterocycles. The molecule has 0 saturated carbocycles. The van der Waals surface area contributed by atoms with Crippen molar-refractivity contribution >= 4 is 5.78 Å². The lowest BCUT2D eigenvalue weighted by Crippen LogP contribution is -2.34. The van der Waals surface area contributed by atoms with Gasteiger partial charge >= 0.3 is 0 Å². The molecule has 0 saturated heterocycles. The van der Waals surface area contributed by atoms with Crippen molar-refractivity contribution in [3.8, 4) is 0 Å². The Balaban J connectivity index is 3.54. The highest BCUT2D eigenvalue weighted by Gasteiger charge is 2.07. The molecule has 0 aliphatic carbocycles. The molecule has 0 spiro atoms. The minimum absolute atomic E-state index is 0.0787. The number of likely N-dealkylation sites (N-methyl/N-ethyl adjacent to an activating group) is 1. The molecule has 2 heteroatoms. The Labute approximate surface area is 56.6 Å². The van der Waals surface area contributed by atoms with Crippen molar-refractivity contribution in [1.29, 1.82) is 0 Å². The summed E-state index contributed by atoms with van der Waals surface area (Å²) in [6.07, 6.45) is 0.892. The van der Waals surface area contributed by atoms with Crippen LogP contribution < -0.4 is 5.32 Å². The van der Waals surface area contributed by atoms with Crippen LogP contribution in [0.5, 0.6) is 0 Å². The third kappa shape index (κ3) is 3.25. The van der Waals surface area contributed by atoms with Gasteiger partial charge in [-0.15, -0.1) is 0 Å². The van der Waals surface area contributed by atoms with Gasteiger partial charge in [-0.1, -0.05) is 13.8 Å². The van der Waals surface area contributed by atoms with Crippen molar-refractivity contribution in [1.82, 2.24) is 5.32 Å². The maximum absolute atomic E-state index is 10.7. The van der Waals surface area contributed by atoms with Gasteiger partial charge in [-0.3, -0.25) is 4.79 Å². The molecule has 0 bridgehead atoms. The largest absolute Gasteiger partial charge is 0.308 e. The highest BCUT2D eigenvalue weighted by atomic mass is 16.1. The Morgan fingerprint density at radius 1 is 1.56 bits per heavy atom. The van der Waals surface area contributed by atoms with E-state index >= 15 is 0 Å². The molecule has 0 aromatic carbocycles. The van der Waals surface area contributed by atoms with E-state index in [2.05, 4.69) is 5.32 Å². The number of nitrogens with one attached hydrogen (secondary N) is 1. The van der Waals surface area contributed by atoms with E-state index in [-0.39, 0.29) is 11.8 Å². The lowest BCUT2D eigenvalue weighted by atomic mass is 10.1. The van der Waals surface area contributed by atoms with Crippen LogP contribution in [-0.4, -0.2) is 18.4 Å². The maximum Gasteiger partial charge on any atom is 0.146 e. The van der Waals surface area contributed by atoms with Crippen LogP contribution in [0.25, 0.3) is 0 Å². The summed E-state index contributed by atoms with van der Waals surface area (Å²) in [6.45, 7) is 6.51. The maximum atomic E-state index is 10.7. The van der Waals surface area contributed by atoms with E-state index in [0.717, 1.165) is 13.0 Å². The van der Waals surface area contributed by atoms with Crippen molar-refractivity contribution < 1.29 is 4.79 Å². The number of hydrogen-bond donors (Lipinski definition) is 1. The summed E-state index contributed by atoms with van der Waals surface area (Å²) in [4.78, 5) is 10.7. The number of hydrogen-bond acceptors (Lipinski definition) is 2. The Hall–Kier alpha value is -0.370. The molecule has 1 N–H and O–H groups in total. The number of Topliss-reactive ketones (excluding diaryl/α,β-unsaturated/α-hetero) is 1. The quantitative estimate of drug-likeness (QED) is 0.612. The van der Waals surface area contributed by atoms with Crippen molar-refractivity contribution in [2.45, 2.75) is 33.2 Å². The molecule has 0 fully saturated rings. The molecule has 0 radical (unpaired) electrons. The van der Waals surface area contributed by atoms with Crippen molar-refractivity contribution in [2.75, 3.05) is 6.54 Å². The van der Waals surface area contributed by atoms with Crippen LogP contribution >= 0.6 is 0 Å². The zero-order valence-electron chi connectivity index (χ0n) is 6.40. The summed E-state index contributed by atoms with van der Waals surface area (Å²) in [5.41, 5.74) is 0. The molecule has 1 atom stereocenters. The average molecular weight is 129 g/mol. The summed E-state index contributed by atoms with van der Waals surface area (Å²) in [6, 6.07) is 0.0787. The topological polar surface area (TPSA) is 29.1 Å². The van der Waals surface area contributed by atoms with E-state index in [1.54, 1.807) is 6.92 Å². The van der Waals surface area contributed by atoms with Gasteiger partial charge in [-0.2, -0.15) is 0 Å². The lowest BCUT2D eigenvalue weighted by molar-refractivity contribution is -0.119. The van der Waals surface area contributed by atoms with Gasteiger partial charge in [0, 0.05) is 0 Å². The molecule has 0 heterocycles. The summed E-state index contributed by atoms with van der Waals surface area (Å²) >= 11 is 0. The number of rotatable bonds is 4. The van der Waals surface area contributed by atoms with Crippen LogP contribution in [0.2, 0.25) is 0 Å². The first kappa shape index (κ1) is 8.63. The summed E-state index contributed by atoms with van der Waals surface area (Å²) in [7, 11) is 0. The van der Waals surface area contributed by atoms with Crippen molar-refractivity contribution in [3.63, 3.8) is 0 Å². The minimum Gasteiger partial charge on any atom is -0.308 e. The third-order valence-corrected chi connectivity index (χ3v) is 1.35. The monoisotopic (exact) mass is 129 g/mol. The van der Waals surface area contributed by atoms with Gasteiger partial charge in [0.05, 0.1) is 6.04 Å². The van der Waals surface area contributed by atoms with E-state index in [1.807, 2.05) is 13.8 Å². The second kappa shape index (κ2) is 4.50. The highest BCUT2D eigenvalue weighted by molar-refractivity contribution is 5.81. The van der Waals surface area contributed by atoms with Gasteiger partial charge < -0.3 is 5.32 Å². The van der Waals surface area contributed by atoms with E-state index < -0.39 is 0 Å². The highest BCUT2D eigenvalue weighted by Crippen LogP contribution is 1.90. The SMILES string of the molecule is CCN[C@@H](CC)C(C)=O. The molecule has 0 aliphatic heterocycles. The molecular weight excluding hydrogens is 114 g/mol. The molecule has 0 amide bonds. The van der Waals surface area contributed by atoms with Gasteiger partial charge in [0.15, 0.2) is 0 Å². The van der Waals surface area contributed by atoms with Gasteiger partial charge in [-0.05, 0) is 19.9 Å². The Kier molecular flexibility index (Phi) is 4.32. The fraction of sp³-hybridized carbons (Fsp3) is 0.857. The predicted octanol–water partition coefficient (Wildman–Crippen LogP) is 0.964. The molecule has 0 unspecified atom stereocenters. The third-order valence-electron chi connectivity index (χ3n) is 1.35. The van der Waals surface area contributed by atoms with Gasteiger partial charge in [0.2, 0.25) is 0 Å². The molecule has 54 valence electrons. The van der Waals surface area contributed by atoms with Gasteiger partial charge in [0.1, 0.15) is 5.78 Å². The van der Waals surface area contributed by atoms with E-state index in [0.29, 0.717) is 0 Å². The van der Waals surface area contributed by atoms with E-state index in [4.69, 9.17) is 0 Å². The Morgan fingerprint density at radius 2 is 2.11 bits per heavy atom. The first-order valence-corrected chi connectivity index (χ1v) is 3.46. The van der Waals surface area contributed by atoms with Crippen LogP contribution in [0, 0.1) is 0 Å². The van der Waals surface area contributed by atoms with Crippen LogP contribution in [-0.2, 0) is 4.79 Å². The molecule has 2 nitrogen and oxygen atoms in total. The van der Waals surface area contributed by atoms with Crippen LogP contribution in [0.1, 0.15) is 27.2 Å². The smallest absolute Gasteiger partial charge is 0.146 e. The van der Waals surface area contributed by atoms with Crippen LogP contribution in [0.4, 0.5) is 0 Å². The van der Waals surface area contributed by atoms with Crippen LogP contribution in [0.15, 0.2) is 0 Å². The van der Waals surface area contributed by atoms with Gasteiger partial charge in [0.25, 0.3) is 0 Å². The normalized spacial score (nSPS) is 13.2. The number of carbonyl (C=O) groups is 1. The second-order valence-electron chi connectivity index (χ2n) is 2.13. The Morgan fingerprint density at radius 3 is 2.22 bits per heavy atom. The summed E-state index contributed by atoms with van der Waals surface area (Å²) in [5.74, 6) is 0.236. The fourth-order valence-corrected chi connectivity index (χ4v) is 0.822. The second-order valence-corrected chi connectivity index (χ2v) is 2.13. The zero-order valence-corrected chi connectivity index (χ0v) is 6.40. The van der Waals surface area contributed by atoms with Crippen molar-refractivity contribution in [3.05, 3.63) is 0 Å². The summed E-state index contributed by atoms with van der Waals surface area (Å²) in [5, 5.41) is 3.08. The minimum atomic E-state index is 0.0787. The van der Waals surface area contributed by atoms with E-state index in [9.17, 15) is 4.79 Å². The molecule has 0 aliphatic rings. The molecule has 0 aromatic rings. The van der Waals surface area contributed by atoms with Gasteiger partial charge in [-0.25, -0.2) is 0 Å². The molecule has 0 rings (SSSR count).